The van der Waals surface area contributed by atoms with E-state index in [1.807, 2.05) is 0 Å². The summed E-state index contributed by atoms with van der Waals surface area (Å²) in [7, 11) is 0. The molecule has 0 bridgehead atoms. The molecule has 0 aromatic rings. The van der Waals surface area contributed by atoms with Gasteiger partial charge in [-0.05, 0) is 0 Å². The molecule has 80 valence electrons. The standard InChI is InChI=1S/C6H10O2.C3H7O.O.Ti/c1-4(2)5(3)6(7)8;1-3(2)4;;/h1-3H3,(H,7,8);3H,1-2H3;;/q;-1;;+2/p-1. The third kappa shape index (κ3) is 5.42. The Labute approximate surface area is 91.4 Å². The van der Waals surface area contributed by atoms with Crippen LogP contribution >= 0.6 is 0 Å². The van der Waals surface area contributed by atoms with Crippen molar-refractivity contribution < 1.29 is 33.4 Å². The first kappa shape index (κ1) is 13.7. The second-order valence-electron chi connectivity index (χ2n) is 3.43. The van der Waals surface area contributed by atoms with E-state index in [4.69, 9.17) is 3.32 Å². The van der Waals surface area contributed by atoms with Crippen molar-refractivity contribution in [3.63, 3.8) is 0 Å². The van der Waals surface area contributed by atoms with Gasteiger partial charge in [0.25, 0.3) is 0 Å². The summed E-state index contributed by atoms with van der Waals surface area (Å²) < 4.78 is 20.7. The van der Waals surface area contributed by atoms with Crippen molar-refractivity contribution in [3.8, 4) is 0 Å². The molecule has 0 atom stereocenters. The van der Waals surface area contributed by atoms with Crippen LogP contribution < -0.4 is 0 Å². The summed E-state index contributed by atoms with van der Waals surface area (Å²) in [5.74, 6) is -0.546. The molecular weight excluding hydrogens is 220 g/mol. The molecule has 4 nitrogen and oxygen atoms in total. The van der Waals surface area contributed by atoms with Crippen LogP contribution in [0.15, 0.2) is 11.1 Å². The summed E-state index contributed by atoms with van der Waals surface area (Å²) in [4.78, 5) is 11.3. The van der Waals surface area contributed by atoms with Crippen LogP contribution in [0, 0.1) is 0 Å². The van der Waals surface area contributed by atoms with E-state index in [-0.39, 0.29) is 6.10 Å². The predicted molar refractivity (Wildman–Crippen MR) is 47.0 cm³/mol. The molecular formula is C9H16O4Ti. The van der Waals surface area contributed by atoms with E-state index >= 15 is 0 Å². The molecule has 14 heavy (non-hydrogen) atoms. The van der Waals surface area contributed by atoms with Crippen LogP contribution in [0.4, 0.5) is 0 Å². The fourth-order valence-electron chi connectivity index (χ4n) is 0.573. The third-order valence-corrected chi connectivity index (χ3v) is 3.15. The quantitative estimate of drug-likeness (QED) is 0.554. The summed E-state index contributed by atoms with van der Waals surface area (Å²) in [5.41, 5.74) is 1.34. The summed E-state index contributed by atoms with van der Waals surface area (Å²) >= 11 is -3.31. The first-order chi connectivity index (χ1) is 6.34. The molecule has 0 heterocycles. The van der Waals surface area contributed by atoms with Crippen molar-refractivity contribution in [3.05, 3.63) is 11.1 Å². The van der Waals surface area contributed by atoms with Crippen LogP contribution in [-0.2, 0) is 33.4 Å². The Kier molecular flexibility index (Phi) is 6.08. The SMILES string of the molecule is CC(C)=C(C)C(=O)[O][Ti](=[O])[O]C(C)C. The summed E-state index contributed by atoms with van der Waals surface area (Å²) in [6.07, 6.45) is -0.178. The molecule has 0 aromatic carbocycles. The van der Waals surface area contributed by atoms with E-state index in [0.717, 1.165) is 5.57 Å². The van der Waals surface area contributed by atoms with Crippen molar-refractivity contribution in [2.24, 2.45) is 0 Å². The minimum absolute atomic E-state index is 0.178. The predicted octanol–water partition coefficient (Wildman–Crippen LogP) is 2.10. The zero-order chi connectivity index (χ0) is 11.3. The van der Waals surface area contributed by atoms with Crippen LogP contribution in [0.25, 0.3) is 0 Å². The Balaban J connectivity index is 4.21. The molecule has 0 rings (SSSR count). The monoisotopic (exact) mass is 236 g/mol. The van der Waals surface area contributed by atoms with Gasteiger partial charge in [0.2, 0.25) is 0 Å². The van der Waals surface area contributed by atoms with E-state index in [2.05, 4.69) is 3.32 Å². The topological polar surface area (TPSA) is 52.6 Å². The van der Waals surface area contributed by atoms with E-state index < -0.39 is 24.6 Å². The zero-order valence-corrected chi connectivity index (χ0v) is 10.8. The molecule has 0 fully saturated rings. The van der Waals surface area contributed by atoms with Gasteiger partial charge in [0.15, 0.2) is 0 Å². The third-order valence-electron chi connectivity index (χ3n) is 1.56. The summed E-state index contributed by atoms with van der Waals surface area (Å²) in [6, 6.07) is 0. The maximum atomic E-state index is 11.3. The fourth-order valence-corrected chi connectivity index (χ4v) is 1.72. The van der Waals surface area contributed by atoms with Crippen molar-refractivity contribution >= 4 is 5.97 Å². The average molecular weight is 236 g/mol. The molecule has 0 saturated heterocycles. The maximum absolute atomic E-state index is 11.3. The Hall–Kier alpha value is -0.316. The Morgan fingerprint density at radius 1 is 1.21 bits per heavy atom. The van der Waals surface area contributed by atoms with Crippen molar-refractivity contribution in [2.75, 3.05) is 0 Å². The van der Waals surface area contributed by atoms with Gasteiger partial charge in [-0.3, -0.25) is 0 Å². The van der Waals surface area contributed by atoms with E-state index in [9.17, 15) is 8.12 Å². The van der Waals surface area contributed by atoms with Crippen molar-refractivity contribution in [1.82, 2.24) is 0 Å². The molecule has 0 amide bonds. The molecule has 0 spiro atoms. The molecule has 0 unspecified atom stereocenters. The Bertz CT molecular complexity index is 264. The van der Waals surface area contributed by atoms with Gasteiger partial charge in [0, 0.05) is 0 Å². The first-order valence-electron chi connectivity index (χ1n) is 4.41. The van der Waals surface area contributed by atoms with Gasteiger partial charge >= 0.3 is 91.2 Å². The van der Waals surface area contributed by atoms with E-state index in [1.165, 1.54) is 0 Å². The number of carbonyl (C=O) groups excluding carboxylic acids is 1. The van der Waals surface area contributed by atoms with Crippen LogP contribution in [0.1, 0.15) is 34.6 Å². The van der Waals surface area contributed by atoms with Gasteiger partial charge < -0.3 is 0 Å². The number of hydrogen-bond acceptors (Lipinski definition) is 4. The molecule has 0 N–H and O–H groups in total. The van der Waals surface area contributed by atoms with Gasteiger partial charge in [0.1, 0.15) is 0 Å². The van der Waals surface area contributed by atoms with Crippen LogP contribution in [0.5, 0.6) is 0 Å². The molecule has 0 aliphatic heterocycles. The summed E-state index contributed by atoms with van der Waals surface area (Å²) in [6.45, 7) is 8.71. The van der Waals surface area contributed by atoms with Crippen molar-refractivity contribution in [2.45, 2.75) is 40.7 Å². The fraction of sp³-hybridized carbons (Fsp3) is 0.667. The zero-order valence-electron chi connectivity index (χ0n) is 9.21. The molecule has 5 heteroatoms. The van der Waals surface area contributed by atoms with Crippen LogP contribution in [0.2, 0.25) is 0 Å². The van der Waals surface area contributed by atoms with E-state index in [1.54, 1.807) is 34.6 Å². The average Bonchev–Trinajstić information content (AvgIpc) is 2.00. The van der Waals surface area contributed by atoms with E-state index in [0.29, 0.717) is 5.57 Å². The van der Waals surface area contributed by atoms with Crippen LogP contribution in [-0.4, -0.2) is 12.1 Å². The Morgan fingerprint density at radius 2 is 1.71 bits per heavy atom. The van der Waals surface area contributed by atoms with Crippen molar-refractivity contribution in [1.29, 1.82) is 0 Å². The second kappa shape index (κ2) is 6.22. The molecule has 0 aromatic heterocycles. The number of allylic oxidation sites excluding steroid dienone is 1. The van der Waals surface area contributed by atoms with Gasteiger partial charge in [0.05, 0.1) is 0 Å². The number of hydrogen-bond donors (Lipinski definition) is 0. The molecule has 0 radical (unpaired) electrons. The molecule has 0 aliphatic rings. The van der Waals surface area contributed by atoms with Gasteiger partial charge in [-0.15, -0.1) is 0 Å². The molecule has 0 saturated carbocycles. The second-order valence-corrected chi connectivity index (χ2v) is 4.90. The number of rotatable bonds is 4. The minimum atomic E-state index is -3.31. The summed E-state index contributed by atoms with van der Waals surface area (Å²) in [5, 5.41) is 0. The van der Waals surface area contributed by atoms with Crippen LogP contribution in [0.3, 0.4) is 0 Å². The normalized spacial score (nSPS) is 9.86. The first-order valence-corrected chi connectivity index (χ1v) is 6.32. The molecule has 0 aliphatic carbocycles. The van der Waals surface area contributed by atoms with Gasteiger partial charge in [-0.25, -0.2) is 0 Å². The number of carbonyl (C=O) groups is 1. The van der Waals surface area contributed by atoms with Gasteiger partial charge in [-0.1, -0.05) is 0 Å². The van der Waals surface area contributed by atoms with Gasteiger partial charge in [-0.2, -0.15) is 0 Å². The Morgan fingerprint density at radius 3 is 2.07 bits per heavy atom.